The molecule has 0 aromatic rings. The first-order valence-corrected chi connectivity index (χ1v) is 5.34. The summed E-state index contributed by atoms with van der Waals surface area (Å²) in [5.74, 6) is -0.310. The quantitative estimate of drug-likeness (QED) is 0.487. The molecule has 0 radical (unpaired) electrons. The van der Waals surface area contributed by atoms with E-state index < -0.39 is 12.8 Å². The van der Waals surface area contributed by atoms with Gasteiger partial charge in [-0.05, 0) is 14.0 Å². The van der Waals surface area contributed by atoms with Gasteiger partial charge in [-0.2, -0.15) is 13.2 Å². The summed E-state index contributed by atoms with van der Waals surface area (Å²) in [4.78, 5) is 12.7. The Hall–Kier alpha value is -0.820. The predicted octanol–water partition coefficient (Wildman–Crippen LogP) is 1.45. The Morgan fingerprint density at radius 3 is 2.47 bits per heavy atom. The van der Waals surface area contributed by atoms with Crippen LogP contribution in [0.4, 0.5) is 13.2 Å². The zero-order valence-corrected chi connectivity index (χ0v) is 10.0. The molecule has 0 aromatic carbocycles. The summed E-state index contributed by atoms with van der Waals surface area (Å²) in [6, 6.07) is 0. The van der Waals surface area contributed by atoms with Crippen LogP contribution < -0.4 is 0 Å². The molecule has 0 heterocycles. The number of halogens is 3. The van der Waals surface area contributed by atoms with Crippen molar-refractivity contribution in [3.05, 3.63) is 0 Å². The van der Waals surface area contributed by atoms with Gasteiger partial charge in [-0.3, -0.25) is 4.79 Å². The van der Waals surface area contributed by atoms with Crippen molar-refractivity contribution in [3.63, 3.8) is 0 Å². The fourth-order valence-electron chi connectivity index (χ4n) is 1.04. The maximum atomic E-state index is 11.7. The van der Waals surface area contributed by atoms with Crippen LogP contribution in [0, 0.1) is 0 Å². The Bertz CT molecular complexity index is 221. The Morgan fingerprint density at radius 1 is 1.29 bits per heavy atom. The second-order valence-electron chi connectivity index (χ2n) is 3.53. The summed E-state index contributed by atoms with van der Waals surface area (Å²) in [5, 5.41) is 0. The molecular formula is C10H18F3NO3. The number of nitrogens with zero attached hydrogens (tertiary/aromatic N) is 1. The van der Waals surface area contributed by atoms with E-state index in [2.05, 4.69) is 4.74 Å². The molecule has 0 atom stereocenters. The van der Waals surface area contributed by atoms with Crippen molar-refractivity contribution in [2.45, 2.75) is 19.5 Å². The molecule has 4 nitrogen and oxygen atoms in total. The van der Waals surface area contributed by atoms with Gasteiger partial charge in [0.25, 0.3) is 0 Å². The smallest absolute Gasteiger partial charge is 0.411 e. The predicted molar refractivity (Wildman–Crippen MR) is 55.6 cm³/mol. The third-order valence-electron chi connectivity index (χ3n) is 1.89. The zero-order chi connectivity index (χ0) is 13.3. The molecule has 7 heteroatoms. The Morgan fingerprint density at radius 2 is 1.94 bits per heavy atom. The lowest BCUT2D eigenvalue weighted by atomic mass is 10.4. The van der Waals surface area contributed by atoms with Gasteiger partial charge in [0.2, 0.25) is 0 Å². The standard InChI is InChI=1S/C10H18F3NO3/c1-3-17-9(15)4-5-14(2)6-7-16-8-10(11,12)13/h3-8H2,1-2H3. The van der Waals surface area contributed by atoms with E-state index >= 15 is 0 Å². The zero-order valence-electron chi connectivity index (χ0n) is 10.0. The van der Waals surface area contributed by atoms with Crippen molar-refractivity contribution < 1.29 is 27.4 Å². The second-order valence-corrected chi connectivity index (χ2v) is 3.53. The number of esters is 1. The van der Waals surface area contributed by atoms with Gasteiger partial charge >= 0.3 is 12.1 Å². The van der Waals surface area contributed by atoms with Gasteiger partial charge < -0.3 is 14.4 Å². The number of carbonyl (C=O) groups excluding carboxylic acids is 1. The van der Waals surface area contributed by atoms with E-state index in [4.69, 9.17) is 4.74 Å². The van der Waals surface area contributed by atoms with Crippen LogP contribution in [-0.4, -0.2) is 57.0 Å². The Labute approximate surface area is 98.7 Å². The van der Waals surface area contributed by atoms with Gasteiger partial charge in [-0.15, -0.1) is 0 Å². The van der Waals surface area contributed by atoms with Crippen LogP contribution in [-0.2, 0) is 14.3 Å². The Balaban J connectivity index is 3.47. The van der Waals surface area contributed by atoms with E-state index in [0.717, 1.165) is 0 Å². The number of alkyl halides is 3. The van der Waals surface area contributed by atoms with Gasteiger partial charge in [-0.1, -0.05) is 0 Å². The fourth-order valence-corrected chi connectivity index (χ4v) is 1.04. The molecular weight excluding hydrogens is 239 g/mol. The minimum atomic E-state index is -4.29. The van der Waals surface area contributed by atoms with Crippen LogP contribution >= 0.6 is 0 Å². The summed E-state index contributed by atoms with van der Waals surface area (Å²) in [6.07, 6.45) is -4.06. The molecule has 0 unspecified atom stereocenters. The largest absolute Gasteiger partial charge is 0.466 e. The minimum absolute atomic E-state index is 0.0150. The highest BCUT2D eigenvalue weighted by Gasteiger charge is 2.27. The lowest BCUT2D eigenvalue weighted by Gasteiger charge is -2.16. The SMILES string of the molecule is CCOC(=O)CCN(C)CCOCC(F)(F)F. The van der Waals surface area contributed by atoms with Crippen molar-refractivity contribution in [2.24, 2.45) is 0 Å². The summed E-state index contributed by atoms with van der Waals surface area (Å²) in [5.41, 5.74) is 0. The molecule has 0 N–H and O–H groups in total. The Kier molecular flexibility index (Phi) is 7.90. The van der Waals surface area contributed by atoms with Gasteiger partial charge in [0.15, 0.2) is 0 Å². The van der Waals surface area contributed by atoms with Gasteiger partial charge in [0.1, 0.15) is 6.61 Å². The van der Waals surface area contributed by atoms with Crippen LogP contribution in [0.1, 0.15) is 13.3 Å². The van der Waals surface area contributed by atoms with Crippen molar-refractivity contribution in [3.8, 4) is 0 Å². The number of rotatable bonds is 8. The van der Waals surface area contributed by atoms with Crippen LogP contribution in [0.3, 0.4) is 0 Å². The highest BCUT2D eigenvalue weighted by molar-refractivity contribution is 5.69. The lowest BCUT2D eigenvalue weighted by molar-refractivity contribution is -0.174. The van der Waals surface area contributed by atoms with Crippen molar-refractivity contribution in [1.29, 1.82) is 0 Å². The van der Waals surface area contributed by atoms with E-state index in [1.54, 1.807) is 18.9 Å². The van der Waals surface area contributed by atoms with E-state index in [-0.39, 0.29) is 19.0 Å². The molecule has 0 rings (SSSR count). The van der Waals surface area contributed by atoms with Crippen LogP contribution in [0.15, 0.2) is 0 Å². The highest BCUT2D eigenvalue weighted by Crippen LogP contribution is 2.14. The number of hydrogen-bond donors (Lipinski definition) is 0. The van der Waals surface area contributed by atoms with Crippen LogP contribution in [0.2, 0.25) is 0 Å². The topological polar surface area (TPSA) is 38.8 Å². The van der Waals surface area contributed by atoms with Crippen molar-refractivity contribution >= 4 is 5.97 Å². The monoisotopic (exact) mass is 257 g/mol. The van der Waals surface area contributed by atoms with Crippen LogP contribution in [0.5, 0.6) is 0 Å². The maximum absolute atomic E-state index is 11.7. The molecule has 0 amide bonds. The number of hydrogen-bond acceptors (Lipinski definition) is 4. The number of ether oxygens (including phenoxy) is 2. The van der Waals surface area contributed by atoms with E-state index in [1.165, 1.54) is 0 Å². The molecule has 0 aliphatic heterocycles. The summed E-state index contributed by atoms with van der Waals surface area (Å²) in [7, 11) is 1.70. The molecule has 0 bridgehead atoms. The molecule has 0 aromatic heterocycles. The third kappa shape index (κ3) is 11.4. The second kappa shape index (κ2) is 8.30. The fraction of sp³-hybridized carbons (Fsp3) is 0.900. The van der Waals surface area contributed by atoms with E-state index in [1.807, 2.05) is 0 Å². The van der Waals surface area contributed by atoms with Gasteiger partial charge in [0.05, 0.1) is 19.6 Å². The van der Waals surface area contributed by atoms with Gasteiger partial charge in [0, 0.05) is 13.1 Å². The molecule has 0 fully saturated rings. The van der Waals surface area contributed by atoms with E-state index in [9.17, 15) is 18.0 Å². The van der Waals surface area contributed by atoms with Crippen molar-refractivity contribution in [1.82, 2.24) is 4.90 Å². The first-order chi connectivity index (χ1) is 7.85. The molecule has 0 aliphatic carbocycles. The van der Waals surface area contributed by atoms with Crippen molar-refractivity contribution in [2.75, 3.05) is 40.0 Å². The van der Waals surface area contributed by atoms with E-state index in [0.29, 0.717) is 19.7 Å². The molecule has 102 valence electrons. The third-order valence-corrected chi connectivity index (χ3v) is 1.89. The summed E-state index contributed by atoms with van der Waals surface area (Å²) in [6.45, 7) is 1.57. The summed E-state index contributed by atoms with van der Waals surface area (Å²) >= 11 is 0. The average molecular weight is 257 g/mol. The number of likely N-dealkylation sites (N-methyl/N-ethyl adjacent to an activating group) is 1. The maximum Gasteiger partial charge on any atom is 0.411 e. The first-order valence-electron chi connectivity index (χ1n) is 5.34. The highest BCUT2D eigenvalue weighted by atomic mass is 19.4. The summed E-state index contributed by atoms with van der Waals surface area (Å²) < 4.78 is 44.3. The molecule has 0 saturated heterocycles. The minimum Gasteiger partial charge on any atom is -0.466 e. The molecule has 0 saturated carbocycles. The molecule has 0 spiro atoms. The average Bonchev–Trinajstić information content (AvgIpc) is 2.21. The normalized spacial score (nSPS) is 11.9. The van der Waals surface area contributed by atoms with Gasteiger partial charge in [-0.25, -0.2) is 0 Å². The first kappa shape index (κ1) is 16.2. The van der Waals surface area contributed by atoms with Crippen LogP contribution in [0.25, 0.3) is 0 Å². The molecule has 17 heavy (non-hydrogen) atoms. The lowest BCUT2D eigenvalue weighted by Crippen LogP contribution is -2.28. The number of carbonyl (C=O) groups is 1. The molecule has 0 aliphatic rings.